The quantitative estimate of drug-likeness (QED) is 0.485. The summed E-state index contributed by atoms with van der Waals surface area (Å²) in [7, 11) is 0. The number of imidazole rings is 1. The average molecular weight is 352 g/mol. The van der Waals surface area contributed by atoms with Crippen molar-refractivity contribution in [3.63, 3.8) is 0 Å². The molecule has 0 spiro atoms. The van der Waals surface area contributed by atoms with E-state index >= 15 is 0 Å². The van der Waals surface area contributed by atoms with Crippen molar-refractivity contribution in [2.24, 2.45) is 5.10 Å². The van der Waals surface area contributed by atoms with Gasteiger partial charge in [0, 0.05) is 18.2 Å². The van der Waals surface area contributed by atoms with E-state index in [0.29, 0.717) is 19.2 Å². The molecule has 6 heteroatoms. The van der Waals surface area contributed by atoms with Crippen LogP contribution < -0.4 is 14.9 Å². The number of aryl methyl sites for hydroxylation is 1. The first-order valence-electron chi connectivity index (χ1n) is 8.90. The summed E-state index contributed by atoms with van der Waals surface area (Å²) in [4.78, 5) is 4.60. The van der Waals surface area contributed by atoms with Gasteiger partial charge in [0.25, 0.3) is 0 Å². The number of ether oxygens (including phenoxy) is 2. The Hall–Kier alpha value is -3.02. The van der Waals surface area contributed by atoms with Crippen LogP contribution in [0, 0.1) is 0 Å². The molecule has 26 heavy (non-hydrogen) atoms. The number of hydrazone groups is 1. The van der Waals surface area contributed by atoms with Crippen molar-refractivity contribution in [2.75, 3.05) is 18.6 Å². The predicted molar refractivity (Wildman–Crippen MR) is 105 cm³/mol. The minimum absolute atomic E-state index is 0.579. The van der Waals surface area contributed by atoms with E-state index in [2.05, 4.69) is 33.1 Å². The Bertz CT molecular complexity index is 902. The van der Waals surface area contributed by atoms with Crippen LogP contribution >= 0.6 is 0 Å². The number of para-hydroxylation sites is 2. The topological polar surface area (TPSA) is 60.7 Å². The lowest BCUT2D eigenvalue weighted by Gasteiger charge is -2.10. The van der Waals surface area contributed by atoms with Crippen LogP contribution in [0.5, 0.6) is 11.5 Å². The molecule has 2 aromatic carbocycles. The number of rotatable bonds is 8. The molecule has 0 atom stereocenters. The third-order valence-electron chi connectivity index (χ3n) is 3.93. The molecule has 6 nitrogen and oxygen atoms in total. The van der Waals surface area contributed by atoms with Crippen LogP contribution in [0.15, 0.2) is 47.6 Å². The number of hydrogen-bond acceptors (Lipinski definition) is 5. The number of nitrogens with one attached hydrogen (secondary N) is 1. The molecule has 0 bridgehead atoms. The molecular weight excluding hydrogens is 328 g/mol. The Balaban J connectivity index is 1.82. The number of nitrogens with zero attached hydrogens (tertiary/aromatic N) is 3. The minimum Gasteiger partial charge on any atom is -0.494 e. The Morgan fingerprint density at radius 1 is 1.08 bits per heavy atom. The summed E-state index contributed by atoms with van der Waals surface area (Å²) in [5.74, 6) is 2.25. The van der Waals surface area contributed by atoms with E-state index in [0.717, 1.165) is 34.6 Å². The maximum Gasteiger partial charge on any atom is 0.224 e. The van der Waals surface area contributed by atoms with Gasteiger partial charge in [0.05, 0.1) is 30.5 Å². The van der Waals surface area contributed by atoms with Crippen LogP contribution in [0.2, 0.25) is 0 Å². The van der Waals surface area contributed by atoms with Gasteiger partial charge >= 0.3 is 0 Å². The van der Waals surface area contributed by atoms with Crippen molar-refractivity contribution >= 4 is 23.2 Å². The molecule has 3 aromatic rings. The first-order chi connectivity index (χ1) is 12.8. The molecule has 0 aliphatic rings. The zero-order chi connectivity index (χ0) is 18.4. The molecule has 0 radical (unpaired) electrons. The molecule has 1 N–H and O–H groups in total. The molecule has 0 aliphatic carbocycles. The highest BCUT2D eigenvalue weighted by atomic mass is 16.5. The van der Waals surface area contributed by atoms with Crippen molar-refractivity contribution in [1.82, 2.24) is 9.55 Å². The molecule has 3 rings (SSSR count). The summed E-state index contributed by atoms with van der Waals surface area (Å²) in [6.07, 6.45) is 1.74. The van der Waals surface area contributed by atoms with Crippen molar-refractivity contribution < 1.29 is 9.47 Å². The van der Waals surface area contributed by atoms with Crippen LogP contribution in [-0.4, -0.2) is 29.0 Å². The van der Waals surface area contributed by atoms with Gasteiger partial charge in [-0.05, 0) is 45.0 Å². The second-order valence-corrected chi connectivity index (χ2v) is 5.60. The fourth-order valence-corrected chi connectivity index (χ4v) is 2.80. The normalized spacial score (nSPS) is 11.2. The smallest absolute Gasteiger partial charge is 0.224 e. The van der Waals surface area contributed by atoms with E-state index in [9.17, 15) is 0 Å². The van der Waals surface area contributed by atoms with Gasteiger partial charge in [-0.3, -0.25) is 0 Å². The maximum absolute atomic E-state index is 5.70. The van der Waals surface area contributed by atoms with E-state index < -0.39 is 0 Å². The molecular formula is C20H24N4O2. The molecule has 0 saturated carbocycles. The van der Waals surface area contributed by atoms with Crippen molar-refractivity contribution in [3.05, 3.63) is 48.0 Å². The van der Waals surface area contributed by atoms with Gasteiger partial charge in [-0.2, -0.15) is 5.10 Å². The molecule has 0 fully saturated rings. The monoisotopic (exact) mass is 352 g/mol. The average Bonchev–Trinajstić information content (AvgIpc) is 3.01. The lowest BCUT2D eigenvalue weighted by Crippen LogP contribution is -2.03. The molecule has 136 valence electrons. The fourth-order valence-electron chi connectivity index (χ4n) is 2.80. The van der Waals surface area contributed by atoms with Gasteiger partial charge in [-0.1, -0.05) is 12.1 Å². The minimum atomic E-state index is 0.579. The Kier molecular flexibility index (Phi) is 5.73. The van der Waals surface area contributed by atoms with Crippen molar-refractivity contribution in [3.8, 4) is 11.5 Å². The number of fused-ring (bicyclic) bond motifs is 1. The highest BCUT2D eigenvalue weighted by Gasteiger charge is 2.08. The van der Waals surface area contributed by atoms with Crippen LogP contribution in [0.3, 0.4) is 0 Å². The lowest BCUT2D eigenvalue weighted by atomic mass is 10.2. The Morgan fingerprint density at radius 2 is 1.88 bits per heavy atom. The molecule has 0 amide bonds. The first-order valence-corrected chi connectivity index (χ1v) is 8.90. The fraction of sp³-hybridized carbons (Fsp3) is 0.300. The zero-order valence-electron chi connectivity index (χ0n) is 15.4. The largest absolute Gasteiger partial charge is 0.494 e. The number of anilines is 1. The number of hydrogen-bond donors (Lipinski definition) is 1. The maximum atomic E-state index is 5.70. The van der Waals surface area contributed by atoms with Crippen LogP contribution in [-0.2, 0) is 6.54 Å². The second-order valence-electron chi connectivity index (χ2n) is 5.60. The van der Waals surface area contributed by atoms with Crippen LogP contribution in [0.4, 0.5) is 5.95 Å². The molecule has 1 heterocycles. The van der Waals surface area contributed by atoms with Gasteiger partial charge in [0.15, 0.2) is 0 Å². The lowest BCUT2D eigenvalue weighted by molar-refractivity contribution is 0.323. The summed E-state index contributed by atoms with van der Waals surface area (Å²) in [6, 6.07) is 13.8. The first kappa shape index (κ1) is 17.8. The third kappa shape index (κ3) is 3.79. The highest BCUT2D eigenvalue weighted by Crippen LogP contribution is 2.24. The third-order valence-corrected chi connectivity index (χ3v) is 3.93. The highest BCUT2D eigenvalue weighted by molar-refractivity contribution is 5.85. The van der Waals surface area contributed by atoms with Gasteiger partial charge in [0.2, 0.25) is 5.95 Å². The summed E-state index contributed by atoms with van der Waals surface area (Å²) in [6.45, 7) is 8.01. The van der Waals surface area contributed by atoms with E-state index in [4.69, 9.17) is 9.47 Å². The van der Waals surface area contributed by atoms with Crippen molar-refractivity contribution in [2.45, 2.75) is 27.3 Å². The molecule has 0 saturated heterocycles. The summed E-state index contributed by atoms with van der Waals surface area (Å²) in [5, 5.41) is 4.36. The van der Waals surface area contributed by atoms with E-state index in [-0.39, 0.29) is 0 Å². The zero-order valence-corrected chi connectivity index (χ0v) is 15.4. The van der Waals surface area contributed by atoms with E-state index in [1.807, 2.05) is 50.2 Å². The van der Waals surface area contributed by atoms with Crippen LogP contribution in [0.1, 0.15) is 26.3 Å². The molecule has 1 aromatic heterocycles. The summed E-state index contributed by atoms with van der Waals surface area (Å²) < 4.78 is 13.3. The molecule has 0 aliphatic heterocycles. The van der Waals surface area contributed by atoms with Gasteiger partial charge in [-0.15, -0.1) is 0 Å². The van der Waals surface area contributed by atoms with Gasteiger partial charge in [0.1, 0.15) is 11.5 Å². The second kappa shape index (κ2) is 8.38. The number of benzene rings is 2. The Morgan fingerprint density at radius 3 is 2.65 bits per heavy atom. The Labute approximate surface area is 153 Å². The van der Waals surface area contributed by atoms with Gasteiger partial charge in [-0.25, -0.2) is 10.4 Å². The standard InChI is InChI=1S/C20H24N4O2/c1-4-24-18-10-8-7-9-17(18)22-20(24)23-21-14-15-11-12-16(25-5-2)13-19(15)26-6-3/h7-14H,4-6H2,1-3H3,(H,22,23)/b21-14-. The van der Waals surface area contributed by atoms with Crippen LogP contribution in [0.25, 0.3) is 11.0 Å². The summed E-state index contributed by atoms with van der Waals surface area (Å²) >= 11 is 0. The van der Waals surface area contributed by atoms with E-state index in [1.54, 1.807) is 6.21 Å². The van der Waals surface area contributed by atoms with Crippen molar-refractivity contribution in [1.29, 1.82) is 0 Å². The molecule has 0 unspecified atom stereocenters. The van der Waals surface area contributed by atoms with Gasteiger partial charge < -0.3 is 14.0 Å². The SMILES string of the molecule is CCOc1ccc(/C=N\Nc2nc3ccccc3n2CC)c(OCC)c1. The number of aromatic nitrogens is 2. The predicted octanol–water partition coefficient (Wildman–Crippen LogP) is 4.30. The summed E-state index contributed by atoms with van der Waals surface area (Å²) in [5.41, 5.74) is 5.96. The van der Waals surface area contributed by atoms with E-state index in [1.165, 1.54) is 0 Å².